The minimum atomic E-state index is -0.236. The van der Waals surface area contributed by atoms with Gasteiger partial charge in [-0.2, -0.15) is 4.98 Å². The summed E-state index contributed by atoms with van der Waals surface area (Å²) in [5.41, 5.74) is 2.43. The summed E-state index contributed by atoms with van der Waals surface area (Å²) < 4.78 is 13.8. The predicted molar refractivity (Wildman–Crippen MR) is 105 cm³/mol. The minimum absolute atomic E-state index is 0.236. The zero-order chi connectivity index (χ0) is 18.2. The fourth-order valence-electron chi connectivity index (χ4n) is 2.58. The maximum atomic E-state index is 13.8. The molecule has 0 saturated carbocycles. The van der Waals surface area contributed by atoms with E-state index in [4.69, 9.17) is 0 Å². The Hall–Kier alpha value is -2.95. The van der Waals surface area contributed by atoms with Gasteiger partial charge in [0.1, 0.15) is 11.6 Å². The molecule has 0 aliphatic heterocycles. The minimum Gasteiger partial charge on any atom is -0.370 e. The maximum Gasteiger partial charge on any atom is 0.225 e. The topological polar surface area (TPSA) is 49.8 Å². The van der Waals surface area contributed by atoms with Crippen molar-refractivity contribution in [2.45, 2.75) is 26.3 Å². The van der Waals surface area contributed by atoms with Gasteiger partial charge < -0.3 is 10.6 Å². The van der Waals surface area contributed by atoms with Crippen molar-refractivity contribution in [1.82, 2.24) is 9.97 Å². The zero-order valence-electron chi connectivity index (χ0n) is 14.9. The first kappa shape index (κ1) is 17.9. The Labute approximate surface area is 153 Å². The van der Waals surface area contributed by atoms with Crippen molar-refractivity contribution in [2.24, 2.45) is 0 Å². The predicted octanol–water partition coefficient (Wildman–Crippen LogP) is 5.11. The van der Waals surface area contributed by atoms with Crippen LogP contribution in [0.3, 0.4) is 0 Å². The Kier molecular flexibility index (Phi) is 6.14. The molecule has 0 atom stereocenters. The van der Waals surface area contributed by atoms with E-state index in [0.717, 1.165) is 36.5 Å². The van der Waals surface area contributed by atoms with E-state index in [2.05, 4.69) is 27.5 Å². The van der Waals surface area contributed by atoms with Gasteiger partial charge in [-0.15, -0.1) is 0 Å². The van der Waals surface area contributed by atoms with Crippen molar-refractivity contribution in [1.29, 1.82) is 0 Å². The van der Waals surface area contributed by atoms with Crippen molar-refractivity contribution in [3.05, 3.63) is 72.0 Å². The molecule has 3 aromatic rings. The largest absolute Gasteiger partial charge is 0.370 e. The fraction of sp³-hybridized carbons (Fsp3) is 0.238. The lowest BCUT2D eigenvalue weighted by molar-refractivity contribution is 0.612. The number of rotatable bonds is 8. The van der Waals surface area contributed by atoms with Crippen LogP contribution in [-0.4, -0.2) is 16.5 Å². The molecule has 0 spiro atoms. The second-order valence-corrected chi connectivity index (χ2v) is 6.05. The van der Waals surface area contributed by atoms with Gasteiger partial charge in [0.2, 0.25) is 5.95 Å². The summed E-state index contributed by atoms with van der Waals surface area (Å²) >= 11 is 0. The highest BCUT2D eigenvalue weighted by molar-refractivity contribution is 5.64. The third-order valence-electron chi connectivity index (χ3n) is 4.03. The molecule has 0 bridgehead atoms. The molecule has 5 heteroatoms. The molecule has 0 saturated heterocycles. The van der Waals surface area contributed by atoms with E-state index < -0.39 is 0 Å². The normalized spacial score (nSPS) is 10.5. The molecule has 0 amide bonds. The average molecular weight is 350 g/mol. The Morgan fingerprint density at radius 3 is 2.46 bits per heavy atom. The van der Waals surface area contributed by atoms with Gasteiger partial charge in [-0.1, -0.05) is 61.9 Å². The second kappa shape index (κ2) is 8.94. The van der Waals surface area contributed by atoms with E-state index in [1.807, 2.05) is 42.5 Å². The number of nitrogens with zero attached hydrogens (tertiary/aromatic N) is 2. The molecule has 0 unspecified atom stereocenters. The molecule has 0 fully saturated rings. The van der Waals surface area contributed by atoms with Crippen LogP contribution in [0.25, 0.3) is 11.3 Å². The van der Waals surface area contributed by atoms with Crippen LogP contribution in [0, 0.1) is 5.82 Å². The van der Waals surface area contributed by atoms with Crippen LogP contribution in [0.1, 0.15) is 25.3 Å². The van der Waals surface area contributed by atoms with Gasteiger partial charge in [-0.25, -0.2) is 9.37 Å². The van der Waals surface area contributed by atoms with Crippen LogP contribution in [0.2, 0.25) is 0 Å². The van der Waals surface area contributed by atoms with Crippen LogP contribution in [0.4, 0.5) is 16.2 Å². The SMILES string of the molecule is CCCCNc1cc(-c2ccccc2)nc(NCc2ccccc2F)n1. The number of benzene rings is 2. The highest BCUT2D eigenvalue weighted by Gasteiger charge is 2.08. The van der Waals surface area contributed by atoms with Crippen molar-refractivity contribution >= 4 is 11.8 Å². The smallest absolute Gasteiger partial charge is 0.225 e. The summed E-state index contributed by atoms with van der Waals surface area (Å²) in [6, 6.07) is 18.6. The van der Waals surface area contributed by atoms with Crippen LogP contribution in [-0.2, 0) is 6.54 Å². The molecule has 1 heterocycles. The van der Waals surface area contributed by atoms with E-state index in [1.54, 1.807) is 12.1 Å². The number of unbranched alkanes of at least 4 members (excludes halogenated alkanes) is 1. The van der Waals surface area contributed by atoms with Crippen LogP contribution >= 0.6 is 0 Å². The quantitative estimate of drug-likeness (QED) is 0.555. The first-order valence-electron chi connectivity index (χ1n) is 8.92. The molecule has 2 aromatic carbocycles. The Morgan fingerprint density at radius 2 is 1.69 bits per heavy atom. The molecular weight excluding hydrogens is 327 g/mol. The monoisotopic (exact) mass is 350 g/mol. The lowest BCUT2D eigenvalue weighted by atomic mass is 10.1. The highest BCUT2D eigenvalue weighted by Crippen LogP contribution is 2.21. The second-order valence-electron chi connectivity index (χ2n) is 6.05. The molecule has 1 aromatic heterocycles. The summed E-state index contributed by atoms with van der Waals surface area (Å²) in [7, 11) is 0. The van der Waals surface area contributed by atoms with Crippen LogP contribution in [0.5, 0.6) is 0 Å². The van der Waals surface area contributed by atoms with Gasteiger partial charge in [0.05, 0.1) is 5.69 Å². The lowest BCUT2D eigenvalue weighted by Crippen LogP contribution is -2.09. The number of hydrogen-bond donors (Lipinski definition) is 2. The molecule has 0 aliphatic carbocycles. The summed E-state index contributed by atoms with van der Waals surface area (Å²) in [6.07, 6.45) is 2.19. The molecule has 0 aliphatic rings. The molecule has 26 heavy (non-hydrogen) atoms. The molecule has 2 N–H and O–H groups in total. The van der Waals surface area contributed by atoms with E-state index in [-0.39, 0.29) is 5.82 Å². The Bertz CT molecular complexity index is 836. The third-order valence-corrected chi connectivity index (χ3v) is 4.03. The lowest BCUT2D eigenvalue weighted by Gasteiger charge is -2.12. The van der Waals surface area contributed by atoms with Crippen molar-refractivity contribution < 1.29 is 4.39 Å². The number of hydrogen-bond acceptors (Lipinski definition) is 4. The van der Waals surface area contributed by atoms with Gasteiger partial charge in [-0.05, 0) is 12.5 Å². The Balaban J connectivity index is 1.83. The molecular formula is C21H23FN4. The number of nitrogens with one attached hydrogen (secondary N) is 2. The summed E-state index contributed by atoms with van der Waals surface area (Å²) in [5, 5.41) is 6.48. The highest BCUT2D eigenvalue weighted by atomic mass is 19.1. The Morgan fingerprint density at radius 1 is 0.923 bits per heavy atom. The number of anilines is 2. The van der Waals surface area contributed by atoms with Gasteiger partial charge in [0, 0.05) is 30.3 Å². The standard InChI is InChI=1S/C21H23FN4/c1-2-3-13-23-20-14-19(16-9-5-4-6-10-16)25-21(26-20)24-15-17-11-7-8-12-18(17)22/h4-12,14H,2-3,13,15H2,1H3,(H2,23,24,25,26). The van der Waals surface area contributed by atoms with Gasteiger partial charge in [0.25, 0.3) is 0 Å². The van der Waals surface area contributed by atoms with Crippen LogP contribution in [0.15, 0.2) is 60.7 Å². The van der Waals surface area contributed by atoms with E-state index in [9.17, 15) is 4.39 Å². The first-order chi connectivity index (χ1) is 12.8. The van der Waals surface area contributed by atoms with Gasteiger partial charge >= 0.3 is 0 Å². The van der Waals surface area contributed by atoms with Crippen LogP contribution < -0.4 is 10.6 Å². The molecule has 4 nitrogen and oxygen atoms in total. The number of halogens is 1. The third kappa shape index (κ3) is 4.79. The summed E-state index contributed by atoms with van der Waals surface area (Å²) in [6.45, 7) is 3.34. The zero-order valence-corrected chi connectivity index (χ0v) is 14.9. The van der Waals surface area contributed by atoms with Crippen molar-refractivity contribution in [3.8, 4) is 11.3 Å². The summed E-state index contributed by atoms with van der Waals surface area (Å²) in [5.74, 6) is 1.01. The van der Waals surface area contributed by atoms with E-state index in [1.165, 1.54) is 6.07 Å². The van der Waals surface area contributed by atoms with Gasteiger partial charge in [-0.3, -0.25) is 0 Å². The fourth-order valence-corrected chi connectivity index (χ4v) is 2.58. The number of aromatic nitrogens is 2. The summed E-state index contributed by atoms with van der Waals surface area (Å²) in [4.78, 5) is 9.11. The van der Waals surface area contributed by atoms with E-state index >= 15 is 0 Å². The van der Waals surface area contributed by atoms with E-state index in [0.29, 0.717) is 18.1 Å². The first-order valence-corrected chi connectivity index (χ1v) is 8.92. The van der Waals surface area contributed by atoms with Gasteiger partial charge in [0.15, 0.2) is 0 Å². The van der Waals surface area contributed by atoms with Crippen molar-refractivity contribution in [2.75, 3.05) is 17.2 Å². The maximum absolute atomic E-state index is 13.8. The molecule has 0 radical (unpaired) electrons. The van der Waals surface area contributed by atoms with Crippen molar-refractivity contribution in [3.63, 3.8) is 0 Å². The molecule has 134 valence electrons. The average Bonchev–Trinajstić information content (AvgIpc) is 2.68. The molecule has 3 rings (SSSR count).